The fraction of sp³-hybridized carbons (Fsp3) is 0.133. The first kappa shape index (κ1) is 15.6. The molecule has 0 radical (unpaired) electrons. The summed E-state index contributed by atoms with van der Waals surface area (Å²) >= 11 is 0. The van der Waals surface area contributed by atoms with Crippen LogP contribution in [0.5, 0.6) is 5.75 Å². The summed E-state index contributed by atoms with van der Waals surface area (Å²) in [5, 5.41) is 10.6. The van der Waals surface area contributed by atoms with E-state index in [1.54, 1.807) is 0 Å². The molecule has 0 aliphatic heterocycles. The van der Waals surface area contributed by atoms with Crippen molar-refractivity contribution in [3.63, 3.8) is 0 Å². The lowest BCUT2D eigenvalue weighted by Gasteiger charge is -2.14. The van der Waals surface area contributed by atoms with Crippen LogP contribution in [0.3, 0.4) is 0 Å². The fourth-order valence-electron chi connectivity index (χ4n) is 1.88. The molecule has 7 heteroatoms. The number of nitro benzene ring substituents is 1. The van der Waals surface area contributed by atoms with Crippen LogP contribution in [0.15, 0.2) is 54.6 Å². The van der Waals surface area contributed by atoms with E-state index in [-0.39, 0.29) is 11.4 Å². The van der Waals surface area contributed by atoms with Gasteiger partial charge in [-0.25, -0.2) is 10.2 Å². The number of ether oxygens (including phenoxy) is 1. The van der Waals surface area contributed by atoms with Crippen LogP contribution < -0.4 is 16.0 Å². The molecule has 0 spiro atoms. The first-order valence-corrected chi connectivity index (χ1v) is 6.56. The van der Waals surface area contributed by atoms with Crippen molar-refractivity contribution < 1.29 is 14.5 Å². The number of hydrogen-bond donors (Lipinski definition) is 2. The zero-order valence-corrected chi connectivity index (χ0v) is 11.6. The van der Waals surface area contributed by atoms with Gasteiger partial charge < -0.3 is 4.74 Å². The summed E-state index contributed by atoms with van der Waals surface area (Å²) in [6.07, 6.45) is 0.378. The number of benzene rings is 2. The summed E-state index contributed by atoms with van der Waals surface area (Å²) in [5.41, 5.74) is 3.28. The zero-order chi connectivity index (χ0) is 15.9. The number of nitrogens with two attached hydrogens (primary N) is 1. The van der Waals surface area contributed by atoms with E-state index in [1.807, 2.05) is 30.3 Å². The van der Waals surface area contributed by atoms with Gasteiger partial charge in [-0.15, -0.1) is 0 Å². The van der Waals surface area contributed by atoms with Crippen molar-refractivity contribution in [2.45, 2.75) is 12.5 Å². The molecular weight excluding hydrogens is 286 g/mol. The maximum absolute atomic E-state index is 12.1. The van der Waals surface area contributed by atoms with Crippen LogP contribution in [-0.4, -0.2) is 16.9 Å². The Kier molecular flexibility index (Phi) is 5.18. The van der Waals surface area contributed by atoms with Gasteiger partial charge in [0.15, 0.2) is 0 Å². The Balaban J connectivity index is 2.01. The van der Waals surface area contributed by atoms with Gasteiger partial charge in [0.25, 0.3) is 5.69 Å². The van der Waals surface area contributed by atoms with Gasteiger partial charge in [0.1, 0.15) is 11.8 Å². The summed E-state index contributed by atoms with van der Waals surface area (Å²) in [6, 6.07) is 13.9. The molecule has 0 heterocycles. The first-order valence-electron chi connectivity index (χ1n) is 6.56. The van der Waals surface area contributed by atoms with Crippen LogP contribution in [0.2, 0.25) is 0 Å². The number of nitro groups is 1. The Morgan fingerprint density at radius 3 is 2.36 bits per heavy atom. The highest BCUT2D eigenvalue weighted by Crippen LogP contribution is 2.18. The van der Waals surface area contributed by atoms with Crippen molar-refractivity contribution in [3.8, 4) is 5.75 Å². The van der Waals surface area contributed by atoms with E-state index in [9.17, 15) is 14.9 Å². The average molecular weight is 301 g/mol. The highest BCUT2D eigenvalue weighted by molar-refractivity contribution is 5.78. The number of nitrogens with one attached hydrogen (secondary N) is 1. The number of carbonyl (C=O) groups is 1. The van der Waals surface area contributed by atoms with Gasteiger partial charge in [-0.3, -0.25) is 16.0 Å². The molecule has 2 rings (SSSR count). The summed E-state index contributed by atoms with van der Waals surface area (Å²) in [4.78, 5) is 22.1. The van der Waals surface area contributed by atoms with Gasteiger partial charge in [-0.1, -0.05) is 30.3 Å². The normalized spacial score (nSPS) is 11.7. The van der Waals surface area contributed by atoms with Crippen molar-refractivity contribution in [2.75, 3.05) is 0 Å². The van der Waals surface area contributed by atoms with E-state index in [0.29, 0.717) is 6.42 Å². The Hall–Kier alpha value is -2.77. The second-order valence-electron chi connectivity index (χ2n) is 4.58. The highest BCUT2D eigenvalue weighted by atomic mass is 16.6. The molecule has 0 aliphatic rings. The van der Waals surface area contributed by atoms with Crippen LogP contribution in [-0.2, 0) is 11.2 Å². The SMILES string of the molecule is NN[C@@H](Cc1ccccc1)C(=O)Oc1ccc([N+](=O)[O-])cc1. The summed E-state index contributed by atoms with van der Waals surface area (Å²) in [6.45, 7) is 0. The molecule has 0 amide bonds. The van der Waals surface area contributed by atoms with Gasteiger partial charge in [-0.2, -0.15) is 0 Å². The van der Waals surface area contributed by atoms with E-state index in [1.165, 1.54) is 24.3 Å². The molecule has 0 bridgehead atoms. The van der Waals surface area contributed by atoms with E-state index in [4.69, 9.17) is 10.6 Å². The zero-order valence-electron chi connectivity index (χ0n) is 11.6. The molecule has 7 nitrogen and oxygen atoms in total. The minimum atomic E-state index is -0.711. The number of esters is 1. The molecule has 2 aromatic rings. The van der Waals surface area contributed by atoms with Crippen LogP contribution in [0.1, 0.15) is 5.56 Å². The Morgan fingerprint density at radius 2 is 1.82 bits per heavy atom. The van der Waals surface area contributed by atoms with Gasteiger partial charge in [0.05, 0.1) is 4.92 Å². The molecule has 0 aromatic heterocycles. The molecular formula is C15H15N3O4. The largest absolute Gasteiger partial charge is 0.425 e. The minimum Gasteiger partial charge on any atom is -0.425 e. The third kappa shape index (κ3) is 4.11. The van der Waals surface area contributed by atoms with E-state index in [2.05, 4.69) is 5.43 Å². The molecule has 114 valence electrons. The summed E-state index contributed by atoms with van der Waals surface area (Å²) in [5.74, 6) is 5.07. The van der Waals surface area contributed by atoms with Gasteiger partial charge in [0.2, 0.25) is 0 Å². The molecule has 0 unspecified atom stereocenters. The molecule has 3 N–H and O–H groups in total. The Morgan fingerprint density at radius 1 is 1.18 bits per heavy atom. The minimum absolute atomic E-state index is 0.0717. The standard InChI is InChI=1S/C15H15N3O4/c16-17-14(10-11-4-2-1-3-5-11)15(19)22-13-8-6-12(7-9-13)18(20)21/h1-9,14,17H,10,16H2/t14-/m0/s1. The smallest absolute Gasteiger partial charge is 0.330 e. The molecule has 0 saturated carbocycles. The van der Waals surface area contributed by atoms with Crippen LogP contribution >= 0.6 is 0 Å². The first-order chi connectivity index (χ1) is 10.6. The molecule has 0 fully saturated rings. The molecule has 22 heavy (non-hydrogen) atoms. The van der Waals surface area contributed by atoms with Crippen molar-refractivity contribution in [3.05, 3.63) is 70.3 Å². The molecule has 1 atom stereocenters. The summed E-state index contributed by atoms with van der Waals surface area (Å²) < 4.78 is 5.17. The number of hydrogen-bond acceptors (Lipinski definition) is 6. The van der Waals surface area contributed by atoms with E-state index >= 15 is 0 Å². The quantitative estimate of drug-likeness (QED) is 0.276. The molecule has 2 aromatic carbocycles. The topological polar surface area (TPSA) is 107 Å². The van der Waals surface area contributed by atoms with Crippen molar-refractivity contribution in [1.82, 2.24) is 5.43 Å². The highest BCUT2D eigenvalue weighted by Gasteiger charge is 2.20. The van der Waals surface area contributed by atoms with Gasteiger partial charge in [-0.05, 0) is 24.1 Å². The van der Waals surface area contributed by atoms with Crippen molar-refractivity contribution in [2.24, 2.45) is 5.84 Å². The number of carbonyl (C=O) groups excluding carboxylic acids is 1. The average Bonchev–Trinajstić information content (AvgIpc) is 2.54. The third-order valence-electron chi connectivity index (χ3n) is 3.03. The maximum Gasteiger partial charge on any atom is 0.330 e. The Labute approximate surface area is 126 Å². The number of non-ortho nitro benzene ring substituents is 1. The van der Waals surface area contributed by atoms with E-state index < -0.39 is 16.9 Å². The lowest BCUT2D eigenvalue weighted by Crippen LogP contribution is -2.45. The van der Waals surface area contributed by atoms with Crippen LogP contribution in [0.25, 0.3) is 0 Å². The monoisotopic (exact) mass is 301 g/mol. The number of hydrazine groups is 1. The second kappa shape index (κ2) is 7.30. The summed E-state index contributed by atoms with van der Waals surface area (Å²) in [7, 11) is 0. The third-order valence-corrected chi connectivity index (χ3v) is 3.03. The maximum atomic E-state index is 12.1. The van der Waals surface area contributed by atoms with Crippen molar-refractivity contribution in [1.29, 1.82) is 0 Å². The lowest BCUT2D eigenvalue weighted by atomic mass is 10.1. The number of nitrogens with zero attached hydrogens (tertiary/aromatic N) is 1. The van der Waals surface area contributed by atoms with Gasteiger partial charge in [0, 0.05) is 12.1 Å². The Bertz CT molecular complexity index is 644. The van der Waals surface area contributed by atoms with E-state index in [0.717, 1.165) is 5.56 Å². The molecule has 0 aliphatic carbocycles. The van der Waals surface area contributed by atoms with Crippen molar-refractivity contribution >= 4 is 11.7 Å². The van der Waals surface area contributed by atoms with Crippen LogP contribution in [0, 0.1) is 10.1 Å². The van der Waals surface area contributed by atoms with Crippen LogP contribution in [0.4, 0.5) is 5.69 Å². The fourth-order valence-corrected chi connectivity index (χ4v) is 1.88. The predicted molar refractivity (Wildman–Crippen MR) is 80.0 cm³/mol. The second-order valence-corrected chi connectivity index (χ2v) is 4.58. The number of rotatable bonds is 6. The predicted octanol–water partition coefficient (Wildman–Crippen LogP) is 1.57. The lowest BCUT2D eigenvalue weighted by molar-refractivity contribution is -0.384. The van der Waals surface area contributed by atoms with Gasteiger partial charge >= 0.3 is 5.97 Å². The molecule has 0 saturated heterocycles.